The van der Waals surface area contributed by atoms with Gasteiger partial charge >= 0.3 is 0 Å². The SMILES string of the molecule is Cc1ccsc1CNCC(=O)N1CCc2sccc2C1. The summed E-state index contributed by atoms with van der Waals surface area (Å²) < 4.78 is 0. The van der Waals surface area contributed by atoms with Gasteiger partial charge in [0, 0.05) is 29.4 Å². The van der Waals surface area contributed by atoms with E-state index in [1.807, 2.05) is 4.90 Å². The van der Waals surface area contributed by atoms with Crippen molar-refractivity contribution in [2.45, 2.75) is 26.4 Å². The number of rotatable bonds is 4. The predicted octanol–water partition coefficient (Wildman–Crippen LogP) is 2.79. The Morgan fingerprint density at radius 2 is 2.20 bits per heavy atom. The number of thiophene rings is 2. The molecule has 2 aromatic heterocycles. The quantitative estimate of drug-likeness (QED) is 0.942. The number of hydrogen-bond donors (Lipinski definition) is 1. The van der Waals surface area contributed by atoms with Gasteiger partial charge in [-0.05, 0) is 47.4 Å². The van der Waals surface area contributed by atoms with Gasteiger partial charge in [-0.25, -0.2) is 0 Å². The first kappa shape index (κ1) is 13.8. The van der Waals surface area contributed by atoms with Gasteiger partial charge in [0.15, 0.2) is 0 Å². The van der Waals surface area contributed by atoms with Crippen LogP contribution in [0.25, 0.3) is 0 Å². The van der Waals surface area contributed by atoms with Crippen LogP contribution in [0.4, 0.5) is 0 Å². The molecule has 106 valence electrons. The van der Waals surface area contributed by atoms with Crippen LogP contribution in [0.5, 0.6) is 0 Å². The number of fused-ring (bicyclic) bond motifs is 1. The van der Waals surface area contributed by atoms with Crippen LogP contribution in [0.3, 0.4) is 0 Å². The van der Waals surface area contributed by atoms with E-state index in [1.165, 1.54) is 20.9 Å². The van der Waals surface area contributed by atoms with Crippen LogP contribution in [-0.2, 0) is 24.3 Å². The van der Waals surface area contributed by atoms with Gasteiger partial charge in [-0.2, -0.15) is 0 Å². The van der Waals surface area contributed by atoms with Crippen molar-refractivity contribution in [3.05, 3.63) is 43.8 Å². The Morgan fingerprint density at radius 1 is 1.35 bits per heavy atom. The molecular formula is C15H18N2OS2. The largest absolute Gasteiger partial charge is 0.337 e. The maximum absolute atomic E-state index is 12.2. The van der Waals surface area contributed by atoms with Crippen molar-refractivity contribution < 1.29 is 4.79 Å². The van der Waals surface area contributed by atoms with E-state index in [-0.39, 0.29) is 5.91 Å². The van der Waals surface area contributed by atoms with Gasteiger partial charge in [-0.15, -0.1) is 22.7 Å². The van der Waals surface area contributed by atoms with Crippen LogP contribution in [0.2, 0.25) is 0 Å². The predicted molar refractivity (Wildman–Crippen MR) is 84.2 cm³/mol. The molecule has 0 aromatic carbocycles. The smallest absolute Gasteiger partial charge is 0.236 e. The summed E-state index contributed by atoms with van der Waals surface area (Å²) in [7, 11) is 0. The monoisotopic (exact) mass is 306 g/mol. The zero-order chi connectivity index (χ0) is 13.9. The second kappa shape index (κ2) is 6.08. The summed E-state index contributed by atoms with van der Waals surface area (Å²) in [6.07, 6.45) is 1.00. The highest BCUT2D eigenvalue weighted by Gasteiger charge is 2.20. The molecule has 0 spiro atoms. The minimum Gasteiger partial charge on any atom is -0.337 e. The van der Waals surface area contributed by atoms with E-state index in [4.69, 9.17) is 0 Å². The van der Waals surface area contributed by atoms with Crippen LogP contribution >= 0.6 is 22.7 Å². The van der Waals surface area contributed by atoms with Crippen LogP contribution in [0.1, 0.15) is 20.9 Å². The molecule has 0 saturated carbocycles. The van der Waals surface area contributed by atoms with E-state index in [9.17, 15) is 4.79 Å². The van der Waals surface area contributed by atoms with Crippen LogP contribution < -0.4 is 5.32 Å². The fourth-order valence-electron chi connectivity index (χ4n) is 2.44. The Kier molecular flexibility index (Phi) is 4.19. The van der Waals surface area contributed by atoms with Crippen molar-refractivity contribution in [3.8, 4) is 0 Å². The van der Waals surface area contributed by atoms with Gasteiger partial charge < -0.3 is 10.2 Å². The lowest BCUT2D eigenvalue weighted by atomic mass is 10.1. The molecule has 3 rings (SSSR count). The summed E-state index contributed by atoms with van der Waals surface area (Å²) in [5.74, 6) is 0.205. The minimum absolute atomic E-state index is 0.205. The third-order valence-electron chi connectivity index (χ3n) is 3.69. The summed E-state index contributed by atoms with van der Waals surface area (Å²) in [6.45, 7) is 4.95. The molecule has 0 fully saturated rings. The molecule has 0 unspecified atom stereocenters. The molecule has 3 nitrogen and oxygen atoms in total. The molecule has 0 saturated heterocycles. The molecule has 0 bridgehead atoms. The Balaban J connectivity index is 1.49. The first-order valence-electron chi connectivity index (χ1n) is 6.81. The van der Waals surface area contributed by atoms with E-state index in [1.54, 1.807) is 22.7 Å². The lowest BCUT2D eigenvalue weighted by molar-refractivity contribution is -0.131. The maximum Gasteiger partial charge on any atom is 0.236 e. The normalized spacial score (nSPS) is 14.3. The first-order chi connectivity index (χ1) is 9.74. The van der Waals surface area contributed by atoms with E-state index in [2.05, 4.69) is 35.1 Å². The van der Waals surface area contributed by atoms with E-state index in [0.717, 1.165) is 26.1 Å². The number of amides is 1. The Labute approximate surface area is 127 Å². The molecule has 0 atom stereocenters. The van der Waals surface area contributed by atoms with Crippen LogP contribution in [0, 0.1) is 6.92 Å². The molecule has 1 amide bonds. The van der Waals surface area contributed by atoms with Crippen molar-refractivity contribution in [1.29, 1.82) is 0 Å². The van der Waals surface area contributed by atoms with Crippen molar-refractivity contribution in [2.24, 2.45) is 0 Å². The molecule has 1 aliphatic heterocycles. The van der Waals surface area contributed by atoms with Crippen molar-refractivity contribution in [2.75, 3.05) is 13.1 Å². The standard InChI is InChI=1S/C15H18N2OS2/c1-11-3-6-20-14(11)8-16-9-15(18)17-5-2-13-12(10-17)4-7-19-13/h3-4,6-7,16H,2,5,8-10H2,1H3. The summed E-state index contributed by atoms with van der Waals surface area (Å²) in [5, 5.41) is 7.48. The number of aryl methyl sites for hydroxylation is 1. The highest BCUT2D eigenvalue weighted by Crippen LogP contribution is 2.23. The number of hydrogen-bond acceptors (Lipinski definition) is 4. The summed E-state index contributed by atoms with van der Waals surface area (Å²) in [4.78, 5) is 16.9. The summed E-state index contributed by atoms with van der Waals surface area (Å²) >= 11 is 3.55. The van der Waals surface area contributed by atoms with Crippen LogP contribution in [-0.4, -0.2) is 23.9 Å². The van der Waals surface area contributed by atoms with E-state index >= 15 is 0 Å². The second-order valence-electron chi connectivity index (χ2n) is 5.06. The summed E-state index contributed by atoms with van der Waals surface area (Å²) in [5.41, 5.74) is 2.62. The Bertz CT molecular complexity index is 603. The molecule has 20 heavy (non-hydrogen) atoms. The zero-order valence-electron chi connectivity index (χ0n) is 11.5. The highest BCUT2D eigenvalue weighted by atomic mass is 32.1. The lowest BCUT2D eigenvalue weighted by Gasteiger charge is -2.27. The van der Waals surface area contributed by atoms with Gasteiger partial charge in [0.25, 0.3) is 0 Å². The Morgan fingerprint density at radius 3 is 3.00 bits per heavy atom. The molecule has 3 heterocycles. The van der Waals surface area contributed by atoms with Crippen molar-refractivity contribution >= 4 is 28.6 Å². The Hall–Kier alpha value is -1.17. The number of nitrogens with one attached hydrogen (secondary N) is 1. The molecule has 0 radical (unpaired) electrons. The number of carbonyl (C=O) groups is 1. The zero-order valence-corrected chi connectivity index (χ0v) is 13.1. The molecule has 1 N–H and O–H groups in total. The second-order valence-corrected chi connectivity index (χ2v) is 7.07. The third kappa shape index (κ3) is 2.95. The van der Waals surface area contributed by atoms with Gasteiger partial charge in [-0.3, -0.25) is 4.79 Å². The molecule has 1 aliphatic rings. The fraction of sp³-hybridized carbons (Fsp3) is 0.400. The fourth-order valence-corrected chi connectivity index (χ4v) is 4.21. The van der Waals surface area contributed by atoms with Gasteiger partial charge in [0.1, 0.15) is 0 Å². The maximum atomic E-state index is 12.2. The molecule has 2 aromatic rings. The lowest BCUT2D eigenvalue weighted by Crippen LogP contribution is -2.40. The topological polar surface area (TPSA) is 32.3 Å². The molecule has 0 aliphatic carbocycles. The minimum atomic E-state index is 0.205. The summed E-state index contributed by atoms with van der Waals surface area (Å²) in [6, 6.07) is 4.26. The van der Waals surface area contributed by atoms with Crippen LogP contribution in [0.15, 0.2) is 22.9 Å². The number of carbonyl (C=O) groups excluding carboxylic acids is 1. The van der Waals surface area contributed by atoms with Crippen molar-refractivity contribution in [1.82, 2.24) is 10.2 Å². The van der Waals surface area contributed by atoms with E-state index < -0.39 is 0 Å². The number of nitrogens with zero attached hydrogens (tertiary/aromatic N) is 1. The first-order valence-corrected chi connectivity index (χ1v) is 8.56. The van der Waals surface area contributed by atoms with Gasteiger partial charge in [-0.1, -0.05) is 0 Å². The molecular weight excluding hydrogens is 288 g/mol. The third-order valence-corrected chi connectivity index (χ3v) is 5.74. The average molecular weight is 306 g/mol. The average Bonchev–Trinajstić information content (AvgIpc) is 3.07. The highest BCUT2D eigenvalue weighted by molar-refractivity contribution is 7.10. The van der Waals surface area contributed by atoms with Gasteiger partial charge in [0.05, 0.1) is 6.54 Å². The molecule has 5 heteroatoms. The van der Waals surface area contributed by atoms with E-state index in [0.29, 0.717) is 6.54 Å². The van der Waals surface area contributed by atoms with Crippen molar-refractivity contribution in [3.63, 3.8) is 0 Å². The van der Waals surface area contributed by atoms with Gasteiger partial charge in [0.2, 0.25) is 5.91 Å².